The van der Waals surface area contributed by atoms with Gasteiger partial charge in [-0.3, -0.25) is 0 Å². The first kappa shape index (κ1) is 14.3. The Bertz CT molecular complexity index is 449. The van der Waals surface area contributed by atoms with E-state index in [-0.39, 0.29) is 11.3 Å². The summed E-state index contributed by atoms with van der Waals surface area (Å²) in [5.74, 6) is 0.928. The van der Waals surface area contributed by atoms with Crippen molar-refractivity contribution in [1.82, 2.24) is 4.98 Å². The van der Waals surface area contributed by atoms with Crippen LogP contribution in [0.3, 0.4) is 0 Å². The Labute approximate surface area is 108 Å². The Morgan fingerprint density at radius 1 is 1.44 bits per heavy atom. The standard InChI is InChI=1S/C13H22N4O/c1-9-6-10(12(14)16-18)7-11(15-9)17(5)8-13(2,3)4/h6-7,18H,8H2,1-5H3,(H2,14,16). The SMILES string of the molecule is Cc1cc(/C(N)=N/O)cc(N(C)CC(C)(C)C)n1. The van der Waals surface area contributed by atoms with Gasteiger partial charge in [0.2, 0.25) is 0 Å². The number of rotatable bonds is 3. The zero-order valence-corrected chi connectivity index (χ0v) is 11.7. The van der Waals surface area contributed by atoms with Gasteiger partial charge < -0.3 is 15.8 Å². The summed E-state index contributed by atoms with van der Waals surface area (Å²) in [6, 6.07) is 3.62. The molecule has 0 unspecified atom stereocenters. The topological polar surface area (TPSA) is 74.7 Å². The predicted octanol–water partition coefficient (Wildman–Crippen LogP) is 1.97. The molecule has 0 saturated heterocycles. The van der Waals surface area contributed by atoms with Gasteiger partial charge in [-0.15, -0.1) is 0 Å². The number of oxime groups is 1. The molecule has 0 radical (unpaired) electrons. The molecule has 0 aliphatic carbocycles. The van der Waals surface area contributed by atoms with Crippen LogP contribution in [0.15, 0.2) is 17.3 Å². The summed E-state index contributed by atoms with van der Waals surface area (Å²) < 4.78 is 0. The lowest BCUT2D eigenvalue weighted by molar-refractivity contribution is 0.318. The molecule has 1 rings (SSSR count). The number of hydrogen-bond donors (Lipinski definition) is 2. The average Bonchev–Trinajstić information content (AvgIpc) is 2.24. The summed E-state index contributed by atoms with van der Waals surface area (Å²) in [5.41, 5.74) is 7.31. The molecule has 0 spiro atoms. The molecule has 18 heavy (non-hydrogen) atoms. The highest BCUT2D eigenvalue weighted by atomic mass is 16.4. The van der Waals surface area contributed by atoms with E-state index < -0.39 is 0 Å². The molecule has 100 valence electrons. The molecule has 0 atom stereocenters. The van der Waals surface area contributed by atoms with Gasteiger partial charge in [0.1, 0.15) is 5.82 Å². The number of aryl methyl sites for hydroxylation is 1. The second-order valence-electron chi connectivity index (χ2n) is 5.76. The fourth-order valence-corrected chi connectivity index (χ4v) is 1.84. The van der Waals surface area contributed by atoms with E-state index in [1.54, 1.807) is 6.07 Å². The van der Waals surface area contributed by atoms with Crippen LogP contribution < -0.4 is 10.6 Å². The maximum absolute atomic E-state index is 8.72. The molecule has 0 aromatic carbocycles. The maximum Gasteiger partial charge on any atom is 0.170 e. The zero-order valence-electron chi connectivity index (χ0n) is 11.7. The zero-order chi connectivity index (χ0) is 13.9. The van der Waals surface area contributed by atoms with Gasteiger partial charge in [0.15, 0.2) is 5.84 Å². The van der Waals surface area contributed by atoms with Crippen LogP contribution in [0, 0.1) is 12.3 Å². The van der Waals surface area contributed by atoms with E-state index >= 15 is 0 Å². The van der Waals surface area contributed by atoms with Crippen molar-refractivity contribution in [2.45, 2.75) is 27.7 Å². The minimum atomic E-state index is 0.103. The molecule has 0 aliphatic heterocycles. The molecule has 0 aliphatic rings. The van der Waals surface area contributed by atoms with Crippen LogP contribution in [0.5, 0.6) is 0 Å². The molecule has 3 N–H and O–H groups in total. The minimum Gasteiger partial charge on any atom is -0.409 e. The van der Waals surface area contributed by atoms with Gasteiger partial charge in [0.25, 0.3) is 0 Å². The molecule has 0 fully saturated rings. The van der Waals surface area contributed by atoms with Crippen molar-refractivity contribution >= 4 is 11.7 Å². The first-order valence-electron chi connectivity index (χ1n) is 5.90. The third-order valence-electron chi connectivity index (χ3n) is 2.45. The van der Waals surface area contributed by atoms with E-state index in [1.807, 2.05) is 20.0 Å². The van der Waals surface area contributed by atoms with E-state index in [0.717, 1.165) is 18.1 Å². The van der Waals surface area contributed by atoms with Crippen LogP contribution in [0.1, 0.15) is 32.0 Å². The van der Waals surface area contributed by atoms with Crippen LogP contribution >= 0.6 is 0 Å². The van der Waals surface area contributed by atoms with E-state index in [4.69, 9.17) is 10.9 Å². The van der Waals surface area contributed by atoms with Crippen molar-refractivity contribution in [2.75, 3.05) is 18.5 Å². The number of amidine groups is 1. The molecule has 0 saturated carbocycles. The summed E-state index contributed by atoms with van der Waals surface area (Å²) >= 11 is 0. The molecule has 1 aromatic rings. The summed E-state index contributed by atoms with van der Waals surface area (Å²) in [5, 5.41) is 11.7. The summed E-state index contributed by atoms with van der Waals surface area (Å²) in [4.78, 5) is 6.54. The Morgan fingerprint density at radius 2 is 2.06 bits per heavy atom. The highest BCUT2D eigenvalue weighted by molar-refractivity contribution is 5.97. The third-order valence-corrected chi connectivity index (χ3v) is 2.45. The van der Waals surface area contributed by atoms with Crippen LogP contribution in [0.4, 0.5) is 5.82 Å². The molecule has 0 amide bonds. The lowest BCUT2D eigenvalue weighted by Crippen LogP contribution is -2.30. The van der Waals surface area contributed by atoms with Crippen LogP contribution in [0.2, 0.25) is 0 Å². The second kappa shape index (κ2) is 5.25. The molecular formula is C13H22N4O. The van der Waals surface area contributed by atoms with Crippen LogP contribution in [-0.4, -0.2) is 29.6 Å². The Balaban J connectivity index is 3.06. The largest absolute Gasteiger partial charge is 0.409 e. The number of nitrogens with zero attached hydrogens (tertiary/aromatic N) is 3. The van der Waals surface area contributed by atoms with Gasteiger partial charge in [-0.25, -0.2) is 4.98 Å². The van der Waals surface area contributed by atoms with Gasteiger partial charge in [0.05, 0.1) is 0 Å². The molecule has 5 heteroatoms. The first-order chi connectivity index (χ1) is 8.23. The van der Waals surface area contributed by atoms with Crippen LogP contribution in [-0.2, 0) is 0 Å². The first-order valence-corrected chi connectivity index (χ1v) is 5.90. The van der Waals surface area contributed by atoms with Crippen molar-refractivity contribution in [1.29, 1.82) is 0 Å². The highest BCUT2D eigenvalue weighted by Gasteiger charge is 2.15. The van der Waals surface area contributed by atoms with Gasteiger partial charge in [-0.05, 0) is 24.5 Å². The van der Waals surface area contributed by atoms with E-state index in [0.29, 0.717) is 5.56 Å². The monoisotopic (exact) mass is 250 g/mol. The Kier molecular flexibility index (Phi) is 4.16. The van der Waals surface area contributed by atoms with Gasteiger partial charge in [-0.1, -0.05) is 25.9 Å². The summed E-state index contributed by atoms with van der Waals surface area (Å²) in [6.07, 6.45) is 0. The van der Waals surface area contributed by atoms with Crippen molar-refractivity contribution in [3.8, 4) is 0 Å². The Morgan fingerprint density at radius 3 is 2.56 bits per heavy atom. The van der Waals surface area contributed by atoms with E-state index in [9.17, 15) is 0 Å². The van der Waals surface area contributed by atoms with Crippen LogP contribution in [0.25, 0.3) is 0 Å². The molecule has 5 nitrogen and oxygen atoms in total. The normalized spacial score (nSPS) is 12.6. The Hall–Kier alpha value is -1.78. The smallest absolute Gasteiger partial charge is 0.170 e. The highest BCUT2D eigenvalue weighted by Crippen LogP contribution is 2.20. The number of pyridine rings is 1. The fraction of sp³-hybridized carbons (Fsp3) is 0.538. The maximum atomic E-state index is 8.72. The average molecular weight is 250 g/mol. The lowest BCUT2D eigenvalue weighted by Gasteiger charge is -2.27. The number of nitrogens with two attached hydrogens (primary N) is 1. The summed E-state index contributed by atoms with van der Waals surface area (Å²) in [7, 11) is 1.99. The van der Waals surface area contributed by atoms with Gasteiger partial charge in [0, 0.05) is 24.8 Å². The van der Waals surface area contributed by atoms with E-state index in [1.165, 1.54) is 0 Å². The minimum absolute atomic E-state index is 0.103. The number of aromatic nitrogens is 1. The van der Waals surface area contributed by atoms with Crippen molar-refractivity contribution < 1.29 is 5.21 Å². The van der Waals surface area contributed by atoms with Gasteiger partial charge in [-0.2, -0.15) is 0 Å². The van der Waals surface area contributed by atoms with Gasteiger partial charge >= 0.3 is 0 Å². The quantitative estimate of drug-likeness (QED) is 0.372. The third kappa shape index (κ3) is 3.91. The second-order valence-corrected chi connectivity index (χ2v) is 5.76. The lowest BCUT2D eigenvalue weighted by atomic mass is 9.96. The molecule has 1 heterocycles. The molecular weight excluding hydrogens is 228 g/mol. The van der Waals surface area contributed by atoms with Crippen molar-refractivity contribution in [2.24, 2.45) is 16.3 Å². The van der Waals surface area contributed by atoms with Crippen molar-refractivity contribution in [3.63, 3.8) is 0 Å². The predicted molar refractivity (Wildman–Crippen MR) is 74.2 cm³/mol. The van der Waals surface area contributed by atoms with Crippen molar-refractivity contribution in [3.05, 3.63) is 23.4 Å². The summed E-state index contributed by atoms with van der Waals surface area (Å²) in [6.45, 7) is 9.28. The fourth-order valence-electron chi connectivity index (χ4n) is 1.84. The number of hydrogen-bond acceptors (Lipinski definition) is 4. The molecule has 1 aromatic heterocycles. The van der Waals surface area contributed by atoms with E-state index in [2.05, 4.69) is 35.8 Å². The number of anilines is 1. The molecule has 0 bridgehead atoms.